The average molecular weight is 393 g/mol. The molecule has 2 aromatic heterocycles. The summed E-state index contributed by atoms with van der Waals surface area (Å²) >= 11 is 12.7. The van der Waals surface area contributed by atoms with E-state index in [-0.39, 0.29) is 17.6 Å². The Morgan fingerprint density at radius 1 is 1.28 bits per heavy atom. The lowest BCUT2D eigenvalue weighted by molar-refractivity contribution is 0.0981. The Balaban J connectivity index is 1.73. The highest BCUT2D eigenvalue weighted by atomic mass is 35.5. The van der Waals surface area contributed by atoms with Crippen LogP contribution in [0.5, 0.6) is 0 Å². The second-order valence-corrected chi connectivity index (χ2v) is 6.77. The number of rotatable bonds is 4. The number of hydrogen-bond donors (Lipinski definition) is 3. The third-order valence-electron chi connectivity index (χ3n) is 3.28. The number of carbonyl (C=O) groups is 1. The topological polar surface area (TPSA) is 74.5 Å². The molecule has 0 fully saturated rings. The Labute approximate surface area is 158 Å². The molecule has 0 aliphatic heterocycles. The molecule has 1 aromatic carbocycles. The Hall–Kier alpha value is -2.19. The lowest BCUT2D eigenvalue weighted by Gasteiger charge is -2.10. The number of amides is 1. The normalized spacial score (nSPS) is 10.5. The summed E-state index contributed by atoms with van der Waals surface area (Å²) in [7, 11) is 0. The quantitative estimate of drug-likeness (QED) is 0.578. The fraction of sp³-hybridized carbons (Fsp3) is 0.0588. The van der Waals surface area contributed by atoms with Crippen LogP contribution in [0.2, 0.25) is 5.02 Å². The summed E-state index contributed by atoms with van der Waals surface area (Å²) < 4.78 is 5.51. The number of benzene rings is 1. The first kappa shape index (κ1) is 17.6. The summed E-state index contributed by atoms with van der Waals surface area (Å²) in [5, 5.41) is 17.2. The van der Waals surface area contributed by atoms with Crippen LogP contribution in [0.1, 0.15) is 15.4 Å². The molecule has 3 N–H and O–H groups in total. The SMILES string of the molecule is O=C(NC(=S)Nc1ccc(Cl)c(-c2ccc(CO)o2)c1)c1cccs1. The molecular formula is C17H13ClN2O3S2. The maximum atomic E-state index is 12.0. The molecule has 0 spiro atoms. The molecular weight excluding hydrogens is 380 g/mol. The summed E-state index contributed by atoms with van der Waals surface area (Å²) in [6.07, 6.45) is 0. The van der Waals surface area contributed by atoms with Gasteiger partial charge in [-0.2, -0.15) is 0 Å². The Morgan fingerprint density at radius 3 is 2.80 bits per heavy atom. The summed E-state index contributed by atoms with van der Waals surface area (Å²) in [6, 6.07) is 12.1. The number of nitrogens with one attached hydrogen (secondary N) is 2. The van der Waals surface area contributed by atoms with E-state index in [1.807, 2.05) is 5.38 Å². The minimum absolute atomic E-state index is 0.183. The Morgan fingerprint density at radius 2 is 2.12 bits per heavy atom. The maximum absolute atomic E-state index is 12.0. The molecule has 0 saturated carbocycles. The van der Waals surface area contributed by atoms with Gasteiger partial charge in [-0.05, 0) is 54.0 Å². The number of thiophene rings is 1. The fourth-order valence-corrected chi connectivity index (χ4v) is 3.17. The summed E-state index contributed by atoms with van der Waals surface area (Å²) in [6.45, 7) is -0.186. The first-order valence-electron chi connectivity index (χ1n) is 7.22. The standard InChI is InChI=1S/C17H13ClN2O3S2/c18-13-5-3-10(8-12(13)14-6-4-11(9-21)23-14)19-17(24)20-16(22)15-2-1-7-25-15/h1-8,21H,9H2,(H2,19,20,22,24). The second-order valence-electron chi connectivity index (χ2n) is 5.00. The van der Waals surface area contributed by atoms with E-state index < -0.39 is 0 Å². The minimum atomic E-state index is -0.264. The largest absolute Gasteiger partial charge is 0.459 e. The number of carbonyl (C=O) groups excluding carboxylic acids is 1. The van der Waals surface area contributed by atoms with Crippen molar-refractivity contribution in [2.75, 3.05) is 5.32 Å². The van der Waals surface area contributed by atoms with E-state index in [0.29, 0.717) is 32.7 Å². The number of aliphatic hydroxyl groups is 1. The van der Waals surface area contributed by atoms with Gasteiger partial charge in [0.1, 0.15) is 18.1 Å². The number of anilines is 1. The van der Waals surface area contributed by atoms with Gasteiger partial charge in [0, 0.05) is 11.3 Å². The Kier molecular flexibility index (Phi) is 5.50. The lowest BCUT2D eigenvalue weighted by Crippen LogP contribution is -2.33. The van der Waals surface area contributed by atoms with Crippen LogP contribution in [-0.2, 0) is 6.61 Å². The van der Waals surface area contributed by atoms with Gasteiger partial charge in [0.15, 0.2) is 5.11 Å². The van der Waals surface area contributed by atoms with E-state index in [1.165, 1.54) is 11.3 Å². The third-order valence-corrected chi connectivity index (χ3v) is 4.68. The number of aliphatic hydroxyl groups excluding tert-OH is 1. The van der Waals surface area contributed by atoms with E-state index >= 15 is 0 Å². The van der Waals surface area contributed by atoms with Gasteiger partial charge >= 0.3 is 0 Å². The second kappa shape index (κ2) is 7.79. The van der Waals surface area contributed by atoms with Crippen LogP contribution >= 0.6 is 35.2 Å². The van der Waals surface area contributed by atoms with Crippen LogP contribution in [-0.4, -0.2) is 16.1 Å². The molecule has 0 aliphatic carbocycles. The smallest absolute Gasteiger partial charge is 0.267 e. The van der Waals surface area contributed by atoms with Crippen molar-refractivity contribution in [1.29, 1.82) is 0 Å². The van der Waals surface area contributed by atoms with Crippen molar-refractivity contribution in [3.63, 3.8) is 0 Å². The van der Waals surface area contributed by atoms with Crippen LogP contribution in [0.15, 0.2) is 52.3 Å². The van der Waals surface area contributed by atoms with Crippen LogP contribution < -0.4 is 10.6 Å². The van der Waals surface area contributed by atoms with Crippen molar-refractivity contribution in [1.82, 2.24) is 5.32 Å². The number of furan rings is 1. The van der Waals surface area contributed by atoms with Crippen molar-refractivity contribution in [3.8, 4) is 11.3 Å². The molecule has 1 amide bonds. The molecule has 3 aromatic rings. The lowest BCUT2D eigenvalue weighted by atomic mass is 10.1. The summed E-state index contributed by atoms with van der Waals surface area (Å²) in [5.74, 6) is 0.717. The zero-order chi connectivity index (χ0) is 17.8. The van der Waals surface area contributed by atoms with Gasteiger partial charge in [0.05, 0.1) is 9.90 Å². The van der Waals surface area contributed by atoms with Gasteiger partial charge < -0.3 is 14.8 Å². The molecule has 0 atom stereocenters. The highest BCUT2D eigenvalue weighted by molar-refractivity contribution is 7.80. The van der Waals surface area contributed by atoms with Crippen molar-refractivity contribution >= 4 is 51.9 Å². The minimum Gasteiger partial charge on any atom is -0.459 e. The first-order valence-corrected chi connectivity index (χ1v) is 8.89. The maximum Gasteiger partial charge on any atom is 0.267 e. The van der Waals surface area contributed by atoms with Gasteiger partial charge in [-0.15, -0.1) is 11.3 Å². The van der Waals surface area contributed by atoms with Crippen LogP contribution in [0.4, 0.5) is 5.69 Å². The molecule has 2 heterocycles. The van der Waals surface area contributed by atoms with E-state index in [4.69, 9.17) is 33.3 Å². The highest BCUT2D eigenvalue weighted by Crippen LogP contribution is 2.32. The number of hydrogen-bond acceptors (Lipinski definition) is 5. The molecule has 8 heteroatoms. The molecule has 128 valence electrons. The molecule has 3 rings (SSSR count). The van der Waals surface area contributed by atoms with Crippen molar-refractivity contribution in [2.45, 2.75) is 6.61 Å². The van der Waals surface area contributed by atoms with Crippen LogP contribution in [0.3, 0.4) is 0 Å². The first-order chi connectivity index (χ1) is 12.1. The Bertz CT molecular complexity index is 907. The predicted octanol–water partition coefficient (Wildman–Crippen LogP) is 4.28. The number of halogens is 1. The van der Waals surface area contributed by atoms with Crippen molar-refractivity contribution in [2.24, 2.45) is 0 Å². The van der Waals surface area contributed by atoms with E-state index in [0.717, 1.165) is 0 Å². The zero-order valence-electron chi connectivity index (χ0n) is 12.8. The highest BCUT2D eigenvalue weighted by Gasteiger charge is 2.12. The number of thiocarbonyl (C=S) groups is 1. The molecule has 0 unspecified atom stereocenters. The molecule has 0 radical (unpaired) electrons. The van der Waals surface area contributed by atoms with Gasteiger partial charge in [-0.1, -0.05) is 17.7 Å². The third kappa shape index (κ3) is 4.26. The van der Waals surface area contributed by atoms with E-state index in [9.17, 15) is 4.79 Å². The molecule has 25 heavy (non-hydrogen) atoms. The molecule has 0 bridgehead atoms. The predicted molar refractivity (Wildman–Crippen MR) is 103 cm³/mol. The fourth-order valence-electron chi connectivity index (χ4n) is 2.13. The van der Waals surface area contributed by atoms with Gasteiger partial charge in [0.25, 0.3) is 5.91 Å². The van der Waals surface area contributed by atoms with Crippen LogP contribution in [0, 0.1) is 0 Å². The average Bonchev–Trinajstić information content (AvgIpc) is 3.28. The monoisotopic (exact) mass is 392 g/mol. The molecule has 5 nitrogen and oxygen atoms in total. The van der Waals surface area contributed by atoms with Gasteiger partial charge in [-0.3, -0.25) is 10.1 Å². The van der Waals surface area contributed by atoms with E-state index in [1.54, 1.807) is 42.5 Å². The van der Waals surface area contributed by atoms with Crippen molar-refractivity contribution < 1.29 is 14.3 Å². The summed E-state index contributed by atoms with van der Waals surface area (Å²) in [4.78, 5) is 12.6. The molecule has 0 aliphatic rings. The molecule has 0 saturated heterocycles. The van der Waals surface area contributed by atoms with Gasteiger partial charge in [0.2, 0.25) is 0 Å². The van der Waals surface area contributed by atoms with Crippen molar-refractivity contribution in [3.05, 3.63) is 63.5 Å². The van der Waals surface area contributed by atoms with Gasteiger partial charge in [-0.25, -0.2) is 0 Å². The van der Waals surface area contributed by atoms with Crippen LogP contribution in [0.25, 0.3) is 11.3 Å². The summed E-state index contributed by atoms with van der Waals surface area (Å²) in [5.41, 5.74) is 1.30. The zero-order valence-corrected chi connectivity index (χ0v) is 15.2. The van der Waals surface area contributed by atoms with E-state index in [2.05, 4.69) is 10.6 Å².